The van der Waals surface area contributed by atoms with E-state index in [0.29, 0.717) is 12.8 Å². The number of hydrogen-bond acceptors (Lipinski definition) is 4. The standard InChI is InChI=1S/C17H17F3N2O3S/c1-8-15-10-4-12(14(23)5-10)16(15)26(24,25)22(8)11-3-2-9(7-21)13(6-11)17(18,19)20/h2-3,6,8,10,12,14-16,23H,4-5H2,1H3/t8-,10+,12+,14+,15+,16-/m1/s1. The fourth-order valence-electron chi connectivity index (χ4n) is 5.30. The molecule has 0 radical (unpaired) electrons. The molecule has 0 unspecified atom stereocenters. The molecule has 2 bridgehead atoms. The maximum absolute atomic E-state index is 13.3. The van der Waals surface area contributed by atoms with Crippen LogP contribution in [0.5, 0.6) is 0 Å². The monoisotopic (exact) mass is 386 g/mol. The molecule has 1 saturated heterocycles. The Kier molecular flexibility index (Phi) is 3.63. The van der Waals surface area contributed by atoms with Crippen molar-refractivity contribution in [3.8, 4) is 6.07 Å². The summed E-state index contributed by atoms with van der Waals surface area (Å²) in [5.41, 5.74) is -1.76. The lowest BCUT2D eigenvalue weighted by Crippen LogP contribution is -2.38. The molecule has 3 fully saturated rings. The van der Waals surface area contributed by atoms with Crippen LogP contribution in [0.4, 0.5) is 18.9 Å². The molecule has 3 aliphatic rings. The zero-order valence-corrected chi connectivity index (χ0v) is 14.6. The molecular weight excluding hydrogens is 369 g/mol. The molecule has 2 saturated carbocycles. The predicted molar refractivity (Wildman–Crippen MR) is 86.5 cm³/mol. The van der Waals surface area contributed by atoms with Crippen LogP contribution in [0.15, 0.2) is 18.2 Å². The summed E-state index contributed by atoms with van der Waals surface area (Å²) in [6, 6.07) is 4.02. The molecule has 1 N–H and O–H groups in total. The van der Waals surface area contributed by atoms with Crippen LogP contribution in [0, 0.1) is 29.1 Å². The Hall–Kier alpha value is -1.79. The SMILES string of the molecule is C[C@@H]1[C@H]2[C@H]3C[C@H]([C@H]2S(=O)(=O)N1c1ccc(C#N)c(C(F)(F)F)c1)[C@@H](O)C3. The second-order valence-corrected chi connectivity index (χ2v) is 9.39. The number of rotatable bonds is 1. The first-order valence-electron chi connectivity index (χ1n) is 8.40. The number of aliphatic hydroxyl groups excluding tert-OH is 1. The van der Waals surface area contributed by atoms with Crippen molar-refractivity contribution in [2.24, 2.45) is 17.8 Å². The number of nitrogens with zero attached hydrogens (tertiary/aromatic N) is 2. The zero-order chi connectivity index (χ0) is 19.0. The molecule has 1 aromatic rings. The highest BCUT2D eigenvalue weighted by molar-refractivity contribution is 7.93. The topological polar surface area (TPSA) is 81.4 Å². The van der Waals surface area contributed by atoms with E-state index in [4.69, 9.17) is 5.26 Å². The molecule has 4 rings (SSSR count). The number of alkyl halides is 3. The van der Waals surface area contributed by atoms with E-state index in [0.717, 1.165) is 16.4 Å². The molecule has 0 amide bonds. The van der Waals surface area contributed by atoms with Crippen molar-refractivity contribution in [2.45, 2.75) is 43.3 Å². The third-order valence-electron chi connectivity index (χ3n) is 6.19. The third kappa shape index (κ3) is 2.21. The van der Waals surface area contributed by atoms with Crippen molar-refractivity contribution < 1.29 is 26.7 Å². The molecule has 0 aromatic heterocycles. The minimum Gasteiger partial charge on any atom is -0.393 e. The lowest BCUT2D eigenvalue weighted by molar-refractivity contribution is -0.137. The van der Waals surface area contributed by atoms with Crippen molar-refractivity contribution in [3.63, 3.8) is 0 Å². The van der Waals surface area contributed by atoms with Gasteiger partial charge in [-0.3, -0.25) is 4.31 Å². The number of fused-ring (bicyclic) bond motifs is 5. The van der Waals surface area contributed by atoms with E-state index >= 15 is 0 Å². The van der Waals surface area contributed by atoms with Crippen LogP contribution in [0.25, 0.3) is 0 Å². The van der Waals surface area contributed by atoms with Crippen LogP contribution in [-0.4, -0.2) is 30.9 Å². The smallest absolute Gasteiger partial charge is 0.393 e. The van der Waals surface area contributed by atoms with Gasteiger partial charge in [-0.25, -0.2) is 8.42 Å². The molecular formula is C17H17F3N2O3S. The van der Waals surface area contributed by atoms with Gasteiger partial charge in [0.1, 0.15) is 0 Å². The molecule has 140 valence electrons. The van der Waals surface area contributed by atoms with Gasteiger partial charge in [0.2, 0.25) is 10.0 Å². The Morgan fingerprint density at radius 3 is 2.62 bits per heavy atom. The van der Waals surface area contributed by atoms with E-state index in [9.17, 15) is 26.7 Å². The highest BCUT2D eigenvalue weighted by atomic mass is 32.2. The Morgan fingerprint density at radius 2 is 2.00 bits per heavy atom. The largest absolute Gasteiger partial charge is 0.417 e. The molecule has 6 atom stereocenters. The Labute approximate surface area is 149 Å². The summed E-state index contributed by atoms with van der Waals surface area (Å²) in [6.45, 7) is 1.71. The number of anilines is 1. The zero-order valence-electron chi connectivity index (χ0n) is 13.8. The molecule has 2 aliphatic carbocycles. The lowest BCUT2D eigenvalue weighted by atomic mass is 9.82. The van der Waals surface area contributed by atoms with Crippen LogP contribution >= 0.6 is 0 Å². The van der Waals surface area contributed by atoms with Gasteiger partial charge < -0.3 is 5.11 Å². The molecule has 0 spiro atoms. The first kappa shape index (κ1) is 17.6. The fourth-order valence-corrected chi connectivity index (χ4v) is 8.15. The van der Waals surface area contributed by atoms with Crippen molar-refractivity contribution in [1.29, 1.82) is 5.26 Å². The Bertz CT molecular complexity index is 909. The van der Waals surface area contributed by atoms with Gasteiger partial charge in [-0.2, -0.15) is 18.4 Å². The summed E-state index contributed by atoms with van der Waals surface area (Å²) in [5, 5.41) is 18.3. The van der Waals surface area contributed by atoms with Crippen LogP contribution in [0.2, 0.25) is 0 Å². The van der Waals surface area contributed by atoms with Crippen molar-refractivity contribution in [2.75, 3.05) is 4.31 Å². The Balaban J connectivity index is 1.81. The average Bonchev–Trinajstić information content (AvgIpc) is 3.16. The fraction of sp³-hybridized carbons (Fsp3) is 0.588. The van der Waals surface area contributed by atoms with Gasteiger partial charge in [0.25, 0.3) is 0 Å². The molecule has 1 heterocycles. The minimum absolute atomic E-state index is 0.0650. The summed E-state index contributed by atoms with van der Waals surface area (Å²) in [6.07, 6.45) is -4.23. The van der Waals surface area contributed by atoms with Gasteiger partial charge >= 0.3 is 6.18 Å². The van der Waals surface area contributed by atoms with Gasteiger partial charge in [0, 0.05) is 17.9 Å². The first-order valence-corrected chi connectivity index (χ1v) is 9.90. The van der Waals surface area contributed by atoms with Crippen LogP contribution in [0.3, 0.4) is 0 Å². The predicted octanol–water partition coefficient (Wildman–Crippen LogP) is 2.50. The summed E-state index contributed by atoms with van der Waals surface area (Å²) >= 11 is 0. The van der Waals surface area contributed by atoms with Crippen molar-refractivity contribution >= 4 is 15.7 Å². The minimum atomic E-state index is -4.75. The average molecular weight is 386 g/mol. The Morgan fingerprint density at radius 1 is 1.31 bits per heavy atom. The third-order valence-corrected chi connectivity index (χ3v) is 8.63. The highest BCUT2D eigenvalue weighted by Crippen LogP contribution is 2.58. The molecule has 9 heteroatoms. The first-order chi connectivity index (χ1) is 12.1. The number of halogens is 3. The van der Waals surface area contributed by atoms with E-state index in [2.05, 4.69) is 0 Å². The summed E-state index contributed by atoms with van der Waals surface area (Å²) < 4.78 is 67.0. The second kappa shape index (κ2) is 5.36. The highest BCUT2D eigenvalue weighted by Gasteiger charge is 2.65. The van der Waals surface area contributed by atoms with E-state index in [1.807, 2.05) is 0 Å². The van der Waals surface area contributed by atoms with Crippen molar-refractivity contribution in [3.05, 3.63) is 29.3 Å². The molecule has 26 heavy (non-hydrogen) atoms. The number of hydrogen-bond donors (Lipinski definition) is 1. The maximum Gasteiger partial charge on any atom is 0.417 e. The normalized spacial score (nSPS) is 37.6. The van der Waals surface area contributed by atoms with Gasteiger partial charge in [-0.15, -0.1) is 0 Å². The number of nitriles is 1. The second-order valence-electron chi connectivity index (χ2n) is 7.43. The van der Waals surface area contributed by atoms with E-state index in [1.54, 1.807) is 6.92 Å². The lowest BCUT2D eigenvalue weighted by Gasteiger charge is -2.28. The van der Waals surface area contributed by atoms with Gasteiger partial charge in [-0.1, -0.05) is 0 Å². The molecule has 1 aliphatic heterocycles. The van der Waals surface area contributed by atoms with Gasteiger partial charge in [0.15, 0.2) is 0 Å². The van der Waals surface area contributed by atoms with Crippen LogP contribution in [0.1, 0.15) is 30.9 Å². The van der Waals surface area contributed by atoms with E-state index in [1.165, 1.54) is 12.1 Å². The maximum atomic E-state index is 13.3. The summed E-state index contributed by atoms with van der Waals surface area (Å²) in [7, 11) is -3.89. The van der Waals surface area contributed by atoms with Crippen LogP contribution < -0.4 is 4.31 Å². The number of benzene rings is 1. The summed E-state index contributed by atoms with van der Waals surface area (Å²) in [4.78, 5) is 0. The summed E-state index contributed by atoms with van der Waals surface area (Å²) in [5.74, 6) is -0.489. The van der Waals surface area contributed by atoms with Gasteiger partial charge in [-0.05, 0) is 43.9 Å². The molecule has 1 aromatic carbocycles. The van der Waals surface area contributed by atoms with E-state index < -0.39 is 44.7 Å². The number of aliphatic hydroxyl groups is 1. The quantitative estimate of drug-likeness (QED) is 0.804. The number of sulfonamides is 1. The van der Waals surface area contributed by atoms with Crippen LogP contribution in [-0.2, 0) is 16.2 Å². The van der Waals surface area contributed by atoms with E-state index in [-0.39, 0.29) is 23.4 Å². The van der Waals surface area contributed by atoms with Crippen molar-refractivity contribution in [1.82, 2.24) is 0 Å². The van der Waals surface area contributed by atoms with Gasteiger partial charge in [0.05, 0.1) is 34.2 Å². The molecule has 5 nitrogen and oxygen atoms in total.